The molecule has 2 nitrogen and oxygen atoms in total. The van der Waals surface area contributed by atoms with Crippen LogP contribution in [-0.2, 0) is 6.42 Å². The summed E-state index contributed by atoms with van der Waals surface area (Å²) in [4.78, 5) is 0. The fourth-order valence-corrected chi connectivity index (χ4v) is 3.59. The van der Waals surface area contributed by atoms with Crippen molar-refractivity contribution in [3.8, 4) is 5.69 Å². The van der Waals surface area contributed by atoms with Crippen molar-refractivity contribution in [3.05, 3.63) is 50.6 Å². The van der Waals surface area contributed by atoms with E-state index in [0.717, 1.165) is 39.8 Å². The summed E-state index contributed by atoms with van der Waals surface area (Å²) in [6.45, 7) is 2.03. The molecule has 0 saturated carbocycles. The fourth-order valence-electron chi connectivity index (χ4n) is 2.88. The lowest BCUT2D eigenvalue weighted by Crippen LogP contribution is -2.12. The number of halogens is 2. The van der Waals surface area contributed by atoms with E-state index in [-0.39, 0.29) is 11.9 Å². The van der Waals surface area contributed by atoms with Crippen LogP contribution in [-0.4, -0.2) is 9.67 Å². The lowest BCUT2D eigenvalue weighted by atomic mass is 9.95. The molecule has 0 spiro atoms. The van der Waals surface area contributed by atoms with Gasteiger partial charge in [0, 0.05) is 20.5 Å². The van der Waals surface area contributed by atoms with Crippen molar-refractivity contribution in [2.45, 2.75) is 32.3 Å². The van der Waals surface area contributed by atoms with Crippen molar-refractivity contribution < 1.29 is 9.50 Å². The lowest BCUT2D eigenvalue weighted by Gasteiger charge is -2.21. The van der Waals surface area contributed by atoms with E-state index in [1.54, 1.807) is 6.07 Å². The second kappa shape index (κ2) is 4.90. The maximum Gasteiger partial charge on any atom is 0.124 e. The first-order valence-corrected chi connectivity index (χ1v) is 7.50. The lowest BCUT2D eigenvalue weighted by molar-refractivity contribution is 0.156. The molecule has 1 aromatic carbocycles. The van der Waals surface area contributed by atoms with Crippen molar-refractivity contribution in [1.82, 2.24) is 4.57 Å². The van der Waals surface area contributed by atoms with Crippen molar-refractivity contribution in [3.63, 3.8) is 0 Å². The maximum atomic E-state index is 13.2. The van der Waals surface area contributed by atoms with Crippen LogP contribution in [0, 0.1) is 16.3 Å². The molecule has 2 aromatic rings. The highest BCUT2D eigenvalue weighted by Gasteiger charge is 2.24. The summed E-state index contributed by atoms with van der Waals surface area (Å²) in [5.74, 6) is -0.216. The van der Waals surface area contributed by atoms with E-state index in [1.807, 2.05) is 13.0 Å². The van der Waals surface area contributed by atoms with Gasteiger partial charge < -0.3 is 9.67 Å². The average molecular weight is 371 g/mol. The third-order valence-electron chi connectivity index (χ3n) is 3.72. The van der Waals surface area contributed by atoms with Crippen LogP contribution >= 0.6 is 22.6 Å². The highest BCUT2D eigenvalue weighted by atomic mass is 127. The first-order chi connectivity index (χ1) is 9.08. The Morgan fingerprint density at radius 2 is 2.16 bits per heavy atom. The molecule has 1 aliphatic carbocycles. The van der Waals surface area contributed by atoms with E-state index >= 15 is 0 Å². The number of aliphatic hydroxyl groups is 1. The number of hydrogen-bond acceptors (Lipinski definition) is 1. The van der Waals surface area contributed by atoms with Gasteiger partial charge in [-0.3, -0.25) is 0 Å². The van der Waals surface area contributed by atoms with Crippen LogP contribution in [0.3, 0.4) is 0 Å². The molecule has 19 heavy (non-hydrogen) atoms. The highest BCUT2D eigenvalue weighted by molar-refractivity contribution is 14.1. The number of hydrogen-bond donors (Lipinski definition) is 1. The molecule has 0 saturated heterocycles. The van der Waals surface area contributed by atoms with Crippen LogP contribution in [0.1, 0.15) is 35.9 Å². The summed E-state index contributed by atoms with van der Waals surface area (Å²) < 4.78 is 16.3. The van der Waals surface area contributed by atoms with E-state index in [2.05, 4.69) is 33.2 Å². The van der Waals surface area contributed by atoms with Gasteiger partial charge in [-0.25, -0.2) is 4.39 Å². The van der Waals surface area contributed by atoms with Crippen LogP contribution in [0.4, 0.5) is 4.39 Å². The van der Waals surface area contributed by atoms with Crippen molar-refractivity contribution in [1.29, 1.82) is 0 Å². The van der Waals surface area contributed by atoms with Gasteiger partial charge in [0.2, 0.25) is 0 Å². The Hall–Kier alpha value is -0.880. The molecule has 1 heterocycles. The largest absolute Gasteiger partial charge is 0.388 e. The van der Waals surface area contributed by atoms with Crippen molar-refractivity contribution in [2.75, 3.05) is 0 Å². The molecule has 1 atom stereocenters. The Bertz CT molecular complexity index is 635. The first kappa shape index (κ1) is 13.1. The van der Waals surface area contributed by atoms with Crippen LogP contribution in [0.2, 0.25) is 0 Å². The minimum atomic E-state index is -0.359. The average Bonchev–Trinajstić information content (AvgIpc) is 2.68. The monoisotopic (exact) mass is 371 g/mol. The van der Waals surface area contributed by atoms with Gasteiger partial charge in [-0.05, 0) is 73.0 Å². The molecule has 1 unspecified atom stereocenters. The topological polar surface area (TPSA) is 25.2 Å². The molecule has 1 aromatic heterocycles. The summed E-state index contributed by atoms with van der Waals surface area (Å²) in [5, 5.41) is 10.1. The third kappa shape index (κ3) is 2.21. The Labute approximate surface area is 125 Å². The zero-order valence-corrected chi connectivity index (χ0v) is 12.8. The molecule has 0 fully saturated rings. The fraction of sp³-hybridized carbons (Fsp3) is 0.333. The van der Waals surface area contributed by atoms with E-state index < -0.39 is 0 Å². The molecule has 4 heteroatoms. The summed E-state index contributed by atoms with van der Waals surface area (Å²) in [7, 11) is 0. The molecule has 3 rings (SSSR count). The molecular formula is C15H15FINO. The molecule has 100 valence electrons. The van der Waals surface area contributed by atoms with E-state index in [0.29, 0.717) is 0 Å². The molecule has 1 aliphatic rings. The minimum Gasteiger partial charge on any atom is -0.388 e. The third-order valence-corrected chi connectivity index (χ3v) is 4.59. The number of aromatic nitrogens is 1. The number of aliphatic hydroxyl groups excluding tert-OH is 1. The molecule has 0 amide bonds. The van der Waals surface area contributed by atoms with Gasteiger partial charge in [0.15, 0.2) is 0 Å². The van der Waals surface area contributed by atoms with E-state index in [1.165, 1.54) is 11.8 Å². The SMILES string of the molecule is Cc1cc2c(n1-c1ccc(F)cc1I)CCCC2O. The summed E-state index contributed by atoms with van der Waals surface area (Å²) in [6, 6.07) is 6.90. The van der Waals surface area contributed by atoms with Crippen LogP contribution in [0.5, 0.6) is 0 Å². The van der Waals surface area contributed by atoms with Crippen LogP contribution < -0.4 is 0 Å². The van der Waals surface area contributed by atoms with Gasteiger partial charge in [-0.1, -0.05) is 0 Å². The molecule has 0 radical (unpaired) electrons. The second-order valence-corrected chi connectivity index (χ2v) is 6.19. The summed E-state index contributed by atoms with van der Waals surface area (Å²) in [6.07, 6.45) is 2.43. The van der Waals surface area contributed by atoms with Gasteiger partial charge in [0.05, 0.1) is 11.8 Å². The quantitative estimate of drug-likeness (QED) is 0.756. The molecule has 0 bridgehead atoms. The smallest absolute Gasteiger partial charge is 0.124 e. The summed E-state index contributed by atoms with van der Waals surface area (Å²) in [5.41, 5.74) is 4.29. The Morgan fingerprint density at radius 3 is 2.89 bits per heavy atom. The predicted molar refractivity (Wildman–Crippen MR) is 81.1 cm³/mol. The molecule has 0 aliphatic heterocycles. The maximum absolute atomic E-state index is 13.2. The summed E-state index contributed by atoms with van der Waals surface area (Å²) >= 11 is 2.16. The Kier molecular flexibility index (Phi) is 3.39. The van der Waals surface area contributed by atoms with Gasteiger partial charge in [0.1, 0.15) is 5.82 Å². The Morgan fingerprint density at radius 1 is 1.37 bits per heavy atom. The van der Waals surface area contributed by atoms with Crippen molar-refractivity contribution in [2.24, 2.45) is 0 Å². The predicted octanol–water partition coefficient (Wildman–Crippen LogP) is 3.90. The van der Waals surface area contributed by atoms with Crippen LogP contribution in [0.25, 0.3) is 5.69 Å². The zero-order valence-electron chi connectivity index (χ0n) is 10.7. The highest BCUT2D eigenvalue weighted by Crippen LogP contribution is 2.35. The number of benzene rings is 1. The van der Waals surface area contributed by atoms with Gasteiger partial charge in [-0.15, -0.1) is 0 Å². The molecular weight excluding hydrogens is 356 g/mol. The van der Waals surface area contributed by atoms with Gasteiger partial charge in [0.25, 0.3) is 0 Å². The van der Waals surface area contributed by atoms with Crippen molar-refractivity contribution >= 4 is 22.6 Å². The van der Waals surface area contributed by atoms with E-state index in [9.17, 15) is 9.50 Å². The van der Waals surface area contributed by atoms with Gasteiger partial charge in [-0.2, -0.15) is 0 Å². The number of rotatable bonds is 1. The van der Waals surface area contributed by atoms with E-state index in [4.69, 9.17) is 0 Å². The Balaban J connectivity index is 2.20. The number of aryl methyl sites for hydroxylation is 1. The zero-order chi connectivity index (χ0) is 13.6. The number of fused-ring (bicyclic) bond motifs is 1. The number of nitrogens with zero attached hydrogens (tertiary/aromatic N) is 1. The first-order valence-electron chi connectivity index (χ1n) is 6.42. The minimum absolute atomic E-state index is 0.216. The second-order valence-electron chi connectivity index (χ2n) is 5.03. The molecule has 1 N–H and O–H groups in total. The standard InChI is InChI=1S/C15H15FINO/c1-9-7-11-13(3-2-4-15(11)19)18(9)14-6-5-10(16)8-12(14)17/h5-8,15,19H,2-4H2,1H3. The van der Waals surface area contributed by atoms with Crippen LogP contribution in [0.15, 0.2) is 24.3 Å². The van der Waals surface area contributed by atoms with Gasteiger partial charge >= 0.3 is 0 Å². The normalized spacial score (nSPS) is 18.4.